The van der Waals surface area contributed by atoms with Crippen molar-refractivity contribution in [1.29, 1.82) is 0 Å². The van der Waals surface area contributed by atoms with Crippen LogP contribution in [0.25, 0.3) is 0 Å². The summed E-state index contributed by atoms with van der Waals surface area (Å²) in [5.74, 6) is 0.812. The molecule has 0 spiro atoms. The van der Waals surface area contributed by atoms with E-state index in [1.807, 2.05) is 36.4 Å². The molecule has 2 N–H and O–H groups in total. The van der Waals surface area contributed by atoms with E-state index >= 15 is 0 Å². The van der Waals surface area contributed by atoms with Gasteiger partial charge in [-0.2, -0.15) is 0 Å². The number of nitrogens with two attached hydrogens (primary N) is 1. The van der Waals surface area contributed by atoms with E-state index in [0.717, 1.165) is 15.8 Å². The maximum atomic E-state index is 5.65. The SMILES string of the molecule is NC(=S)c1cc(COc2ccc(Br)cc2)ccn1. The van der Waals surface area contributed by atoms with E-state index in [9.17, 15) is 0 Å². The summed E-state index contributed by atoms with van der Waals surface area (Å²) in [6.45, 7) is 0.458. The van der Waals surface area contributed by atoms with E-state index in [2.05, 4.69) is 20.9 Å². The summed E-state index contributed by atoms with van der Waals surface area (Å²) in [7, 11) is 0. The third kappa shape index (κ3) is 3.51. The number of aromatic nitrogens is 1. The van der Waals surface area contributed by atoms with Crippen LogP contribution in [-0.4, -0.2) is 9.97 Å². The Labute approximate surface area is 119 Å². The van der Waals surface area contributed by atoms with Gasteiger partial charge in [-0.15, -0.1) is 0 Å². The monoisotopic (exact) mass is 322 g/mol. The Morgan fingerprint density at radius 2 is 2.00 bits per heavy atom. The van der Waals surface area contributed by atoms with Crippen LogP contribution < -0.4 is 10.5 Å². The predicted octanol–water partition coefficient (Wildman–Crippen LogP) is 3.06. The van der Waals surface area contributed by atoms with Crippen LogP contribution in [0, 0.1) is 0 Å². The molecule has 0 unspecified atom stereocenters. The predicted molar refractivity (Wildman–Crippen MR) is 78.6 cm³/mol. The Morgan fingerprint density at radius 1 is 1.28 bits per heavy atom. The molecule has 0 radical (unpaired) electrons. The van der Waals surface area contributed by atoms with Crippen LogP contribution in [-0.2, 0) is 6.61 Å². The van der Waals surface area contributed by atoms with Gasteiger partial charge in [0.15, 0.2) is 0 Å². The third-order valence-corrected chi connectivity index (χ3v) is 3.03. The van der Waals surface area contributed by atoms with E-state index in [1.54, 1.807) is 6.20 Å². The molecule has 3 nitrogen and oxygen atoms in total. The van der Waals surface area contributed by atoms with Gasteiger partial charge in [0.1, 0.15) is 17.3 Å². The number of thiocarbonyl (C=S) groups is 1. The van der Waals surface area contributed by atoms with Crippen LogP contribution >= 0.6 is 28.1 Å². The van der Waals surface area contributed by atoms with Gasteiger partial charge in [0, 0.05) is 10.7 Å². The largest absolute Gasteiger partial charge is 0.489 e. The van der Waals surface area contributed by atoms with Gasteiger partial charge in [-0.3, -0.25) is 4.98 Å². The molecule has 0 aliphatic rings. The van der Waals surface area contributed by atoms with Crippen molar-refractivity contribution < 1.29 is 4.74 Å². The number of hydrogen-bond donors (Lipinski definition) is 1. The second-order valence-electron chi connectivity index (χ2n) is 3.66. The number of benzene rings is 1. The summed E-state index contributed by atoms with van der Waals surface area (Å²) >= 11 is 8.26. The number of nitrogens with zero attached hydrogens (tertiary/aromatic N) is 1. The number of ether oxygens (including phenoxy) is 1. The van der Waals surface area contributed by atoms with Crippen molar-refractivity contribution in [2.24, 2.45) is 5.73 Å². The molecule has 0 aliphatic carbocycles. The molecule has 2 aromatic rings. The highest BCUT2D eigenvalue weighted by Gasteiger charge is 2.01. The van der Waals surface area contributed by atoms with Gasteiger partial charge in [-0.25, -0.2) is 0 Å². The van der Waals surface area contributed by atoms with Gasteiger partial charge in [0.05, 0.1) is 5.69 Å². The first-order chi connectivity index (χ1) is 8.65. The zero-order chi connectivity index (χ0) is 13.0. The summed E-state index contributed by atoms with van der Waals surface area (Å²) in [5.41, 5.74) is 7.12. The lowest BCUT2D eigenvalue weighted by atomic mass is 10.2. The molecule has 0 fully saturated rings. The summed E-state index contributed by atoms with van der Waals surface area (Å²) in [4.78, 5) is 4.37. The normalized spacial score (nSPS) is 10.1. The maximum Gasteiger partial charge on any atom is 0.122 e. The first-order valence-electron chi connectivity index (χ1n) is 5.28. The fourth-order valence-corrected chi connectivity index (χ4v) is 1.77. The van der Waals surface area contributed by atoms with Crippen LogP contribution in [0.4, 0.5) is 0 Å². The highest BCUT2D eigenvalue weighted by Crippen LogP contribution is 2.17. The molecule has 0 saturated carbocycles. The number of rotatable bonds is 4. The first kappa shape index (κ1) is 13.0. The minimum absolute atomic E-state index is 0.292. The van der Waals surface area contributed by atoms with Crippen molar-refractivity contribution in [2.45, 2.75) is 6.61 Å². The van der Waals surface area contributed by atoms with E-state index in [-0.39, 0.29) is 0 Å². The second kappa shape index (κ2) is 5.93. The van der Waals surface area contributed by atoms with E-state index in [1.165, 1.54) is 0 Å². The number of pyridine rings is 1. The van der Waals surface area contributed by atoms with Gasteiger partial charge in [-0.1, -0.05) is 28.1 Å². The number of halogens is 1. The highest BCUT2D eigenvalue weighted by atomic mass is 79.9. The Bertz CT molecular complexity index is 557. The molecular formula is C13H11BrN2OS. The molecule has 5 heteroatoms. The molecule has 1 aromatic heterocycles. The molecule has 0 atom stereocenters. The Morgan fingerprint density at radius 3 is 2.67 bits per heavy atom. The molecule has 0 bridgehead atoms. The van der Waals surface area contributed by atoms with Gasteiger partial charge >= 0.3 is 0 Å². The zero-order valence-corrected chi connectivity index (χ0v) is 11.9. The van der Waals surface area contributed by atoms with Crippen molar-refractivity contribution in [2.75, 3.05) is 0 Å². The molecule has 0 aliphatic heterocycles. The van der Waals surface area contributed by atoms with Crippen molar-refractivity contribution in [3.8, 4) is 5.75 Å². The quantitative estimate of drug-likeness (QED) is 0.879. The smallest absolute Gasteiger partial charge is 0.122 e. The lowest BCUT2D eigenvalue weighted by molar-refractivity contribution is 0.306. The van der Waals surface area contributed by atoms with Crippen LogP contribution in [0.3, 0.4) is 0 Å². The Balaban J connectivity index is 2.04. The van der Waals surface area contributed by atoms with Gasteiger partial charge < -0.3 is 10.5 Å². The van der Waals surface area contributed by atoms with Gasteiger partial charge in [0.2, 0.25) is 0 Å². The molecule has 1 heterocycles. The van der Waals surface area contributed by atoms with Crippen LogP contribution in [0.1, 0.15) is 11.3 Å². The van der Waals surface area contributed by atoms with Crippen molar-refractivity contribution in [3.05, 3.63) is 58.3 Å². The Kier molecular flexibility index (Phi) is 4.28. The van der Waals surface area contributed by atoms with Crippen LogP contribution in [0.5, 0.6) is 5.75 Å². The zero-order valence-electron chi connectivity index (χ0n) is 9.47. The Hall–Kier alpha value is -1.46. The molecule has 18 heavy (non-hydrogen) atoms. The van der Waals surface area contributed by atoms with Gasteiger partial charge in [0.25, 0.3) is 0 Å². The molecule has 92 valence electrons. The molecular weight excluding hydrogens is 312 g/mol. The average Bonchev–Trinajstić information content (AvgIpc) is 2.38. The minimum Gasteiger partial charge on any atom is -0.489 e. The van der Waals surface area contributed by atoms with Crippen molar-refractivity contribution in [3.63, 3.8) is 0 Å². The second-order valence-corrected chi connectivity index (χ2v) is 5.01. The standard InChI is InChI=1S/C13H11BrN2OS/c14-10-1-3-11(4-2-10)17-8-9-5-6-16-12(7-9)13(15)18/h1-7H,8H2,(H2,15,18). The fraction of sp³-hybridized carbons (Fsp3) is 0.0769. The molecule has 0 saturated heterocycles. The third-order valence-electron chi connectivity index (χ3n) is 2.30. The average molecular weight is 323 g/mol. The van der Waals surface area contributed by atoms with Crippen LogP contribution in [0.2, 0.25) is 0 Å². The van der Waals surface area contributed by atoms with E-state index in [0.29, 0.717) is 17.3 Å². The maximum absolute atomic E-state index is 5.65. The summed E-state index contributed by atoms with van der Waals surface area (Å²) in [6, 6.07) is 11.4. The molecule has 1 aromatic carbocycles. The summed E-state index contributed by atoms with van der Waals surface area (Å²) in [6.07, 6.45) is 1.68. The molecule has 2 rings (SSSR count). The molecule has 0 amide bonds. The number of hydrogen-bond acceptors (Lipinski definition) is 3. The minimum atomic E-state index is 0.292. The fourth-order valence-electron chi connectivity index (χ4n) is 1.40. The topological polar surface area (TPSA) is 48.1 Å². The van der Waals surface area contributed by atoms with E-state index in [4.69, 9.17) is 22.7 Å². The summed E-state index contributed by atoms with van der Waals surface area (Å²) < 4.78 is 6.67. The van der Waals surface area contributed by atoms with Crippen LogP contribution in [0.15, 0.2) is 47.1 Å². The van der Waals surface area contributed by atoms with Gasteiger partial charge in [-0.05, 0) is 42.0 Å². The lowest BCUT2D eigenvalue weighted by Crippen LogP contribution is -2.12. The lowest BCUT2D eigenvalue weighted by Gasteiger charge is -2.07. The first-order valence-corrected chi connectivity index (χ1v) is 6.48. The highest BCUT2D eigenvalue weighted by molar-refractivity contribution is 9.10. The summed E-state index contributed by atoms with van der Waals surface area (Å²) in [5, 5.41) is 0. The van der Waals surface area contributed by atoms with Crippen molar-refractivity contribution in [1.82, 2.24) is 4.98 Å². The van der Waals surface area contributed by atoms with Crippen molar-refractivity contribution >= 4 is 33.1 Å². The van der Waals surface area contributed by atoms with E-state index < -0.39 is 0 Å².